The van der Waals surface area contributed by atoms with E-state index in [1.807, 2.05) is 0 Å². The monoisotopic (exact) mass is 294 g/mol. The molecule has 0 aliphatic carbocycles. The van der Waals surface area contributed by atoms with E-state index in [-0.39, 0.29) is 11.8 Å². The van der Waals surface area contributed by atoms with E-state index in [4.69, 9.17) is 0 Å². The van der Waals surface area contributed by atoms with Gasteiger partial charge in [-0.2, -0.15) is 0 Å². The molecule has 0 aromatic heterocycles. The van der Waals surface area contributed by atoms with E-state index in [2.05, 4.69) is 28.8 Å². The zero-order valence-corrected chi connectivity index (χ0v) is 12.5. The summed E-state index contributed by atoms with van der Waals surface area (Å²) < 4.78 is 23.3. The molecule has 1 fully saturated rings. The summed E-state index contributed by atoms with van der Waals surface area (Å²) in [4.78, 5) is 0. The third kappa shape index (κ3) is 3.15. The van der Waals surface area contributed by atoms with E-state index in [9.17, 15) is 8.42 Å². The maximum Gasteiger partial charge on any atom is 0.151 e. The van der Waals surface area contributed by atoms with Crippen molar-refractivity contribution in [2.75, 3.05) is 23.4 Å². The van der Waals surface area contributed by atoms with Crippen molar-refractivity contribution >= 4 is 15.5 Å². The Kier molecular flexibility index (Phi) is 3.98. The lowest BCUT2D eigenvalue weighted by atomic mass is 9.99. The highest BCUT2D eigenvalue weighted by atomic mass is 32.2. The van der Waals surface area contributed by atoms with Crippen LogP contribution in [0.1, 0.15) is 30.4 Å². The van der Waals surface area contributed by atoms with Gasteiger partial charge in [0.05, 0.1) is 11.5 Å². The molecule has 1 saturated heterocycles. The number of sulfone groups is 1. The Labute approximate surface area is 120 Å². The van der Waals surface area contributed by atoms with Gasteiger partial charge in [0.1, 0.15) is 0 Å². The van der Waals surface area contributed by atoms with Crippen molar-refractivity contribution in [1.29, 1.82) is 0 Å². The largest absolute Gasteiger partial charge is 0.385 e. The Bertz CT molecular complexity index is 584. The number of aryl methyl sites for hydroxylation is 1. The van der Waals surface area contributed by atoms with Crippen LogP contribution in [-0.2, 0) is 22.8 Å². The summed E-state index contributed by atoms with van der Waals surface area (Å²) in [5.74, 6) is 0.642. The minimum Gasteiger partial charge on any atom is -0.385 e. The van der Waals surface area contributed by atoms with Crippen molar-refractivity contribution < 1.29 is 8.42 Å². The van der Waals surface area contributed by atoms with Crippen molar-refractivity contribution in [2.45, 2.75) is 38.3 Å². The third-order valence-corrected chi connectivity index (χ3v) is 6.03. The van der Waals surface area contributed by atoms with E-state index in [1.165, 1.54) is 23.2 Å². The molecule has 1 atom stereocenters. The predicted octanol–water partition coefficient (Wildman–Crippen LogP) is 1.71. The Morgan fingerprint density at radius 1 is 1.30 bits per heavy atom. The molecule has 0 saturated carbocycles. The van der Waals surface area contributed by atoms with Gasteiger partial charge < -0.3 is 10.6 Å². The fourth-order valence-electron chi connectivity index (χ4n) is 3.17. The first-order valence-corrected chi connectivity index (χ1v) is 9.25. The molecule has 1 unspecified atom stereocenters. The smallest absolute Gasteiger partial charge is 0.151 e. The summed E-state index contributed by atoms with van der Waals surface area (Å²) in [5.41, 5.74) is 3.89. The predicted molar refractivity (Wildman–Crippen MR) is 81.8 cm³/mol. The minimum atomic E-state index is -2.83. The first-order chi connectivity index (χ1) is 9.64. The molecule has 3 rings (SSSR count). The average molecular weight is 294 g/mol. The van der Waals surface area contributed by atoms with Crippen LogP contribution >= 0.6 is 0 Å². The molecule has 20 heavy (non-hydrogen) atoms. The molecule has 1 aromatic carbocycles. The van der Waals surface area contributed by atoms with Crippen LogP contribution in [0.4, 0.5) is 5.69 Å². The summed E-state index contributed by atoms with van der Waals surface area (Å²) in [6.07, 6.45) is 4.06. The normalized spacial score (nSPS) is 24.7. The number of nitrogens with one attached hydrogen (secondary N) is 2. The highest BCUT2D eigenvalue weighted by Gasteiger charge is 2.24. The van der Waals surface area contributed by atoms with Gasteiger partial charge in [0, 0.05) is 24.8 Å². The fourth-order valence-corrected chi connectivity index (χ4v) is 4.84. The van der Waals surface area contributed by atoms with Gasteiger partial charge in [-0.05, 0) is 36.8 Å². The van der Waals surface area contributed by atoms with Crippen LogP contribution in [0.15, 0.2) is 18.2 Å². The summed E-state index contributed by atoms with van der Waals surface area (Å²) >= 11 is 0. The summed E-state index contributed by atoms with van der Waals surface area (Å²) in [6, 6.07) is 6.51. The number of rotatable bonds is 3. The number of para-hydroxylation sites is 1. The van der Waals surface area contributed by atoms with Gasteiger partial charge in [-0.25, -0.2) is 8.42 Å². The summed E-state index contributed by atoms with van der Waals surface area (Å²) in [6.45, 7) is 1.78. The standard InChI is InChI=1S/C15H22N2O2S/c18-20(19)9-3-7-14(11-20)17-10-13-5-1-4-12-6-2-8-16-15(12)13/h1,4-5,14,16-17H,2-3,6-11H2. The van der Waals surface area contributed by atoms with E-state index < -0.39 is 9.84 Å². The molecule has 2 N–H and O–H groups in total. The molecule has 1 aromatic rings. The van der Waals surface area contributed by atoms with E-state index in [1.54, 1.807) is 0 Å². The van der Waals surface area contributed by atoms with Crippen molar-refractivity contribution in [3.8, 4) is 0 Å². The second-order valence-corrected chi connectivity index (χ2v) is 8.04. The Balaban J connectivity index is 1.67. The van der Waals surface area contributed by atoms with Crippen LogP contribution in [0, 0.1) is 0 Å². The molecule has 0 bridgehead atoms. The van der Waals surface area contributed by atoms with Gasteiger partial charge in [0.25, 0.3) is 0 Å². The molecule has 5 heteroatoms. The minimum absolute atomic E-state index is 0.105. The SMILES string of the molecule is O=S1(=O)CCCC(NCc2cccc3c2NCCC3)C1. The van der Waals surface area contributed by atoms with E-state index in [0.29, 0.717) is 5.75 Å². The zero-order valence-electron chi connectivity index (χ0n) is 11.7. The molecule has 0 radical (unpaired) electrons. The molecule has 2 aliphatic rings. The molecule has 0 spiro atoms. The van der Waals surface area contributed by atoms with Crippen LogP contribution in [0.25, 0.3) is 0 Å². The van der Waals surface area contributed by atoms with Gasteiger partial charge in [0.2, 0.25) is 0 Å². The molecular weight excluding hydrogens is 272 g/mol. The number of fused-ring (bicyclic) bond motifs is 1. The number of hydrogen-bond acceptors (Lipinski definition) is 4. The highest BCUT2D eigenvalue weighted by molar-refractivity contribution is 7.91. The van der Waals surface area contributed by atoms with Crippen LogP contribution in [-0.4, -0.2) is 32.5 Å². The van der Waals surface area contributed by atoms with Crippen LogP contribution in [0.3, 0.4) is 0 Å². The second kappa shape index (κ2) is 5.74. The zero-order chi connectivity index (χ0) is 14.0. The number of anilines is 1. The fraction of sp³-hybridized carbons (Fsp3) is 0.600. The van der Waals surface area contributed by atoms with Gasteiger partial charge in [-0.1, -0.05) is 18.2 Å². The Hall–Kier alpha value is -1.07. The van der Waals surface area contributed by atoms with E-state index in [0.717, 1.165) is 32.4 Å². The van der Waals surface area contributed by atoms with Crippen molar-refractivity contribution in [2.24, 2.45) is 0 Å². The van der Waals surface area contributed by atoms with Crippen molar-refractivity contribution in [3.63, 3.8) is 0 Å². The molecule has 4 nitrogen and oxygen atoms in total. The van der Waals surface area contributed by atoms with Crippen LogP contribution in [0.5, 0.6) is 0 Å². The first kappa shape index (κ1) is 13.9. The summed E-state index contributed by atoms with van der Waals surface area (Å²) in [7, 11) is -2.83. The quantitative estimate of drug-likeness (QED) is 0.891. The van der Waals surface area contributed by atoms with Gasteiger partial charge in [-0.3, -0.25) is 0 Å². The first-order valence-electron chi connectivity index (χ1n) is 7.42. The van der Waals surface area contributed by atoms with Crippen LogP contribution in [0.2, 0.25) is 0 Å². The van der Waals surface area contributed by atoms with Gasteiger partial charge in [0.15, 0.2) is 9.84 Å². The Morgan fingerprint density at radius 3 is 3.05 bits per heavy atom. The lowest BCUT2D eigenvalue weighted by molar-refractivity contribution is 0.480. The van der Waals surface area contributed by atoms with Crippen molar-refractivity contribution in [1.82, 2.24) is 5.32 Å². The maximum absolute atomic E-state index is 11.7. The molecule has 2 heterocycles. The van der Waals surface area contributed by atoms with Gasteiger partial charge >= 0.3 is 0 Å². The van der Waals surface area contributed by atoms with E-state index >= 15 is 0 Å². The van der Waals surface area contributed by atoms with Crippen molar-refractivity contribution in [3.05, 3.63) is 29.3 Å². The van der Waals surface area contributed by atoms with Gasteiger partial charge in [-0.15, -0.1) is 0 Å². The average Bonchev–Trinajstić information content (AvgIpc) is 2.44. The lowest BCUT2D eigenvalue weighted by Crippen LogP contribution is -2.39. The number of hydrogen-bond donors (Lipinski definition) is 2. The summed E-state index contributed by atoms with van der Waals surface area (Å²) in [5, 5.41) is 6.90. The lowest BCUT2D eigenvalue weighted by Gasteiger charge is -2.25. The van der Waals surface area contributed by atoms with Crippen LogP contribution < -0.4 is 10.6 Å². The number of benzene rings is 1. The molecule has 110 valence electrons. The second-order valence-electron chi connectivity index (χ2n) is 5.82. The molecule has 2 aliphatic heterocycles. The molecule has 0 amide bonds. The topological polar surface area (TPSA) is 58.2 Å². The third-order valence-electron chi connectivity index (χ3n) is 4.21. The highest BCUT2D eigenvalue weighted by Crippen LogP contribution is 2.26. The Morgan fingerprint density at radius 2 is 2.20 bits per heavy atom. The maximum atomic E-state index is 11.7. The molecular formula is C15H22N2O2S.